The number of ether oxygens (including phenoxy) is 1. The molecule has 0 aliphatic heterocycles. The first-order valence-electron chi connectivity index (χ1n) is 6.79. The number of hydrogen-bond donors (Lipinski definition) is 0. The highest BCUT2D eigenvalue weighted by Crippen LogP contribution is 2.37. The zero-order chi connectivity index (χ0) is 13.1. The van der Waals surface area contributed by atoms with Crippen molar-refractivity contribution in [3.05, 3.63) is 60.4 Å². The number of furan rings is 1. The molecule has 2 aromatic rings. The van der Waals surface area contributed by atoms with Gasteiger partial charge in [-0.2, -0.15) is 0 Å². The Bertz CT molecular complexity index is 554. The highest BCUT2D eigenvalue weighted by Gasteiger charge is 2.25. The summed E-state index contributed by atoms with van der Waals surface area (Å²) in [5.74, 6) is 2.03. The molecule has 1 aliphatic rings. The molecule has 0 fully saturated rings. The van der Waals surface area contributed by atoms with Crippen molar-refractivity contribution in [1.29, 1.82) is 0 Å². The Morgan fingerprint density at radius 1 is 1.32 bits per heavy atom. The van der Waals surface area contributed by atoms with E-state index in [4.69, 9.17) is 9.15 Å². The predicted molar refractivity (Wildman–Crippen MR) is 76.0 cm³/mol. The van der Waals surface area contributed by atoms with E-state index in [-0.39, 0.29) is 6.10 Å². The molecule has 1 atom stereocenters. The van der Waals surface area contributed by atoms with Crippen LogP contribution in [0.1, 0.15) is 30.3 Å². The molecular weight excluding hydrogens is 236 g/mol. The minimum Gasteiger partial charge on any atom is -0.461 e. The maximum absolute atomic E-state index is 6.00. The van der Waals surface area contributed by atoms with Gasteiger partial charge < -0.3 is 9.15 Å². The van der Waals surface area contributed by atoms with Gasteiger partial charge in [0, 0.05) is 17.5 Å². The predicted octanol–water partition coefficient (Wildman–Crippen LogP) is 4.53. The molecule has 2 heteroatoms. The van der Waals surface area contributed by atoms with Gasteiger partial charge in [-0.1, -0.05) is 36.4 Å². The first-order valence-corrected chi connectivity index (χ1v) is 6.79. The van der Waals surface area contributed by atoms with Crippen molar-refractivity contribution in [3.63, 3.8) is 0 Å². The Hall–Kier alpha value is -1.80. The monoisotopic (exact) mass is 254 g/mol. The second-order valence-corrected chi connectivity index (χ2v) is 4.86. The maximum Gasteiger partial charge on any atom is 0.134 e. The Labute approximate surface area is 113 Å². The minimum atomic E-state index is 0.156. The maximum atomic E-state index is 6.00. The SMILES string of the molecule is C=CCOC1CCCc2oc(-c3ccccc3)cc21. The van der Waals surface area contributed by atoms with Gasteiger partial charge in [0.15, 0.2) is 0 Å². The third-order valence-electron chi connectivity index (χ3n) is 3.53. The van der Waals surface area contributed by atoms with Gasteiger partial charge in [-0.15, -0.1) is 6.58 Å². The summed E-state index contributed by atoms with van der Waals surface area (Å²) in [7, 11) is 0. The molecule has 1 aliphatic carbocycles. The Morgan fingerprint density at radius 3 is 2.95 bits per heavy atom. The van der Waals surface area contributed by atoms with Gasteiger partial charge >= 0.3 is 0 Å². The van der Waals surface area contributed by atoms with Crippen molar-refractivity contribution in [3.8, 4) is 11.3 Å². The van der Waals surface area contributed by atoms with E-state index in [1.54, 1.807) is 6.08 Å². The third kappa shape index (κ3) is 2.49. The molecule has 0 saturated carbocycles. The van der Waals surface area contributed by atoms with E-state index in [0.29, 0.717) is 6.61 Å². The molecule has 1 aromatic heterocycles. The van der Waals surface area contributed by atoms with Crippen LogP contribution in [0.15, 0.2) is 53.5 Å². The van der Waals surface area contributed by atoms with Crippen molar-refractivity contribution >= 4 is 0 Å². The molecule has 2 nitrogen and oxygen atoms in total. The van der Waals surface area contributed by atoms with Crippen LogP contribution in [0.3, 0.4) is 0 Å². The number of hydrogen-bond acceptors (Lipinski definition) is 2. The molecule has 0 spiro atoms. The Kier molecular flexibility index (Phi) is 3.51. The van der Waals surface area contributed by atoms with E-state index in [9.17, 15) is 0 Å². The van der Waals surface area contributed by atoms with Gasteiger partial charge in [-0.25, -0.2) is 0 Å². The largest absolute Gasteiger partial charge is 0.461 e. The second-order valence-electron chi connectivity index (χ2n) is 4.86. The quantitative estimate of drug-likeness (QED) is 0.748. The lowest BCUT2D eigenvalue weighted by molar-refractivity contribution is 0.0591. The molecule has 0 bridgehead atoms. The highest BCUT2D eigenvalue weighted by molar-refractivity contribution is 5.59. The normalized spacial score (nSPS) is 18.0. The van der Waals surface area contributed by atoms with Crippen molar-refractivity contribution in [2.24, 2.45) is 0 Å². The van der Waals surface area contributed by atoms with Crippen molar-refractivity contribution in [1.82, 2.24) is 0 Å². The summed E-state index contributed by atoms with van der Waals surface area (Å²) in [6.45, 7) is 4.30. The molecule has 0 N–H and O–H groups in total. The lowest BCUT2D eigenvalue weighted by Gasteiger charge is -2.20. The van der Waals surface area contributed by atoms with Gasteiger partial charge in [-0.05, 0) is 18.9 Å². The van der Waals surface area contributed by atoms with E-state index in [1.165, 1.54) is 5.56 Å². The van der Waals surface area contributed by atoms with Crippen LogP contribution in [0.4, 0.5) is 0 Å². The average Bonchev–Trinajstić information content (AvgIpc) is 2.90. The molecule has 0 saturated heterocycles. The number of fused-ring (bicyclic) bond motifs is 1. The topological polar surface area (TPSA) is 22.4 Å². The highest BCUT2D eigenvalue weighted by atomic mass is 16.5. The summed E-state index contributed by atoms with van der Waals surface area (Å²) < 4.78 is 11.8. The van der Waals surface area contributed by atoms with Crippen LogP contribution in [0.25, 0.3) is 11.3 Å². The van der Waals surface area contributed by atoms with Gasteiger partial charge in [0.25, 0.3) is 0 Å². The van der Waals surface area contributed by atoms with Crippen LogP contribution >= 0.6 is 0 Å². The first-order chi connectivity index (χ1) is 9.38. The van der Waals surface area contributed by atoms with Gasteiger partial charge in [0.2, 0.25) is 0 Å². The number of aryl methyl sites for hydroxylation is 1. The third-order valence-corrected chi connectivity index (χ3v) is 3.53. The number of benzene rings is 1. The molecule has 19 heavy (non-hydrogen) atoms. The fraction of sp³-hybridized carbons (Fsp3) is 0.294. The van der Waals surface area contributed by atoms with Gasteiger partial charge in [0.05, 0.1) is 12.7 Å². The second kappa shape index (κ2) is 5.45. The Balaban J connectivity index is 1.91. The summed E-state index contributed by atoms with van der Waals surface area (Å²) in [6.07, 6.45) is 5.15. The Morgan fingerprint density at radius 2 is 2.16 bits per heavy atom. The van der Waals surface area contributed by atoms with Crippen LogP contribution in [0.2, 0.25) is 0 Å². The molecule has 1 aromatic carbocycles. The zero-order valence-electron chi connectivity index (χ0n) is 11.0. The van der Waals surface area contributed by atoms with E-state index in [0.717, 1.165) is 36.3 Å². The van der Waals surface area contributed by atoms with Crippen molar-refractivity contribution in [2.45, 2.75) is 25.4 Å². The summed E-state index contributed by atoms with van der Waals surface area (Å²) in [6, 6.07) is 12.4. The summed E-state index contributed by atoms with van der Waals surface area (Å²) >= 11 is 0. The lowest BCUT2D eigenvalue weighted by Crippen LogP contribution is -2.10. The van der Waals surface area contributed by atoms with Crippen LogP contribution in [-0.4, -0.2) is 6.61 Å². The summed E-state index contributed by atoms with van der Waals surface area (Å²) in [4.78, 5) is 0. The van der Waals surface area contributed by atoms with Gasteiger partial charge in [-0.3, -0.25) is 0 Å². The van der Waals surface area contributed by atoms with E-state index in [1.807, 2.05) is 18.2 Å². The van der Waals surface area contributed by atoms with Crippen molar-refractivity contribution < 1.29 is 9.15 Å². The van der Waals surface area contributed by atoms with Crippen LogP contribution in [-0.2, 0) is 11.2 Å². The molecule has 0 amide bonds. The molecule has 1 unspecified atom stereocenters. The molecule has 3 rings (SSSR count). The molecular formula is C17H18O2. The average molecular weight is 254 g/mol. The summed E-state index contributed by atoms with van der Waals surface area (Å²) in [5, 5.41) is 0. The van der Waals surface area contributed by atoms with Crippen LogP contribution < -0.4 is 0 Å². The molecule has 98 valence electrons. The molecule has 0 radical (unpaired) electrons. The smallest absolute Gasteiger partial charge is 0.134 e. The summed E-state index contributed by atoms with van der Waals surface area (Å²) in [5.41, 5.74) is 2.34. The number of rotatable bonds is 4. The lowest BCUT2D eigenvalue weighted by atomic mass is 9.95. The first kappa shape index (κ1) is 12.2. The van der Waals surface area contributed by atoms with Gasteiger partial charge in [0.1, 0.15) is 11.5 Å². The molecule has 1 heterocycles. The standard InChI is InChI=1S/C17H18O2/c1-2-11-18-15-9-6-10-16-14(15)12-17(19-16)13-7-4-3-5-8-13/h2-5,7-8,12,15H,1,6,9-11H2. The fourth-order valence-corrected chi connectivity index (χ4v) is 2.62. The van der Waals surface area contributed by atoms with Crippen LogP contribution in [0.5, 0.6) is 0 Å². The van der Waals surface area contributed by atoms with Crippen molar-refractivity contribution in [2.75, 3.05) is 6.61 Å². The van der Waals surface area contributed by atoms with E-state index in [2.05, 4.69) is 24.8 Å². The fourth-order valence-electron chi connectivity index (χ4n) is 2.62. The van der Waals surface area contributed by atoms with E-state index >= 15 is 0 Å². The zero-order valence-corrected chi connectivity index (χ0v) is 11.0. The minimum absolute atomic E-state index is 0.156. The van der Waals surface area contributed by atoms with Crippen LogP contribution in [0, 0.1) is 0 Å². The van der Waals surface area contributed by atoms with E-state index < -0.39 is 0 Å².